The number of halogens is 2. The van der Waals surface area contributed by atoms with Gasteiger partial charge >= 0.3 is 13.9 Å². The molecule has 0 amide bonds. The fourth-order valence-corrected chi connectivity index (χ4v) is 3.26. The van der Waals surface area contributed by atoms with Gasteiger partial charge in [0.05, 0.1) is 0 Å². The Morgan fingerprint density at radius 2 is 1.83 bits per heavy atom. The van der Waals surface area contributed by atoms with Crippen LogP contribution in [0.1, 0.15) is 16.9 Å². The molecule has 9 heteroatoms. The second-order valence-electron chi connectivity index (χ2n) is 5.38. The van der Waals surface area contributed by atoms with Gasteiger partial charge in [-0.3, -0.25) is 4.57 Å². The molecular formula is C15H14F2NO5P. The quantitative estimate of drug-likeness (QED) is 0.725. The molecule has 0 saturated heterocycles. The van der Waals surface area contributed by atoms with Gasteiger partial charge in [-0.25, -0.2) is 0 Å². The SMILES string of the molecule is Cc1cccc(C(Nc2ccc3c(c2)OC(F)(F)O3)P(=O)(O)O)c1. The minimum absolute atomic E-state index is 0.145. The van der Waals surface area contributed by atoms with Crippen molar-refractivity contribution in [2.75, 3.05) is 5.32 Å². The van der Waals surface area contributed by atoms with Crippen LogP contribution in [0.25, 0.3) is 0 Å². The van der Waals surface area contributed by atoms with Gasteiger partial charge in [-0.2, -0.15) is 0 Å². The van der Waals surface area contributed by atoms with Crippen molar-refractivity contribution in [3.63, 3.8) is 0 Å². The minimum Gasteiger partial charge on any atom is -0.395 e. The normalized spacial score (nSPS) is 16.7. The Morgan fingerprint density at radius 3 is 2.50 bits per heavy atom. The van der Waals surface area contributed by atoms with Crippen molar-refractivity contribution in [2.24, 2.45) is 0 Å². The number of rotatable bonds is 4. The van der Waals surface area contributed by atoms with E-state index in [1.54, 1.807) is 31.2 Å². The average Bonchev–Trinajstić information content (AvgIpc) is 2.76. The molecule has 1 unspecified atom stereocenters. The molecule has 1 heterocycles. The van der Waals surface area contributed by atoms with Crippen LogP contribution in [0.4, 0.5) is 14.5 Å². The number of aryl methyl sites for hydroxylation is 1. The third kappa shape index (κ3) is 3.51. The van der Waals surface area contributed by atoms with Gasteiger partial charge in [-0.05, 0) is 24.6 Å². The molecule has 2 aromatic carbocycles. The Labute approximate surface area is 136 Å². The van der Waals surface area contributed by atoms with Crippen molar-refractivity contribution in [2.45, 2.75) is 19.0 Å². The summed E-state index contributed by atoms with van der Waals surface area (Å²) in [5, 5.41) is 2.68. The lowest BCUT2D eigenvalue weighted by Crippen LogP contribution is -2.25. The molecule has 0 saturated carbocycles. The second-order valence-corrected chi connectivity index (χ2v) is 7.07. The maximum atomic E-state index is 13.0. The molecule has 0 radical (unpaired) electrons. The first-order valence-corrected chi connectivity index (χ1v) is 8.60. The fourth-order valence-electron chi connectivity index (χ4n) is 2.40. The summed E-state index contributed by atoms with van der Waals surface area (Å²) in [5.74, 6) is -1.68. The zero-order valence-corrected chi connectivity index (χ0v) is 13.3. The highest BCUT2D eigenvalue weighted by Crippen LogP contribution is 2.52. The predicted molar refractivity (Wildman–Crippen MR) is 82.2 cm³/mol. The Balaban J connectivity index is 1.91. The van der Waals surface area contributed by atoms with Crippen LogP contribution in [0.2, 0.25) is 0 Å². The summed E-state index contributed by atoms with van der Waals surface area (Å²) in [6.07, 6.45) is -3.75. The van der Waals surface area contributed by atoms with Crippen LogP contribution in [0.5, 0.6) is 11.5 Å². The van der Waals surface area contributed by atoms with E-state index < -0.39 is 19.7 Å². The first-order chi connectivity index (χ1) is 11.1. The summed E-state index contributed by atoms with van der Waals surface area (Å²) >= 11 is 0. The fraction of sp³-hybridized carbons (Fsp3) is 0.200. The number of ether oxygens (including phenoxy) is 2. The monoisotopic (exact) mass is 357 g/mol. The highest BCUT2D eigenvalue weighted by atomic mass is 31.2. The molecule has 3 rings (SSSR count). The van der Waals surface area contributed by atoms with E-state index in [0.717, 1.165) is 5.56 Å². The Hall–Kier alpha value is -2.15. The van der Waals surface area contributed by atoms with Gasteiger partial charge in [0.2, 0.25) is 0 Å². The lowest BCUT2D eigenvalue weighted by molar-refractivity contribution is -0.286. The van der Waals surface area contributed by atoms with Crippen molar-refractivity contribution in [3.05, 3.63) is 53.6 Å². The van der Waals surface area contributed by atoms with Gasteiger partial charge in [0.1, 0.15) is 0 Å². The summed E-state index contributed by atoms with van der Waals surface area (Å²) < 4.78 is 46.5. The summed E-state index contributed by atoms with van der Waals surface area (Å²) in [6.45, 7) is 1.79. The van der Waals surface area contributed by atoms with E-state index in [1.165, 1.54) is 18.2 Å². The Morgan fingerprint density at radius 1 is 1.12 bits per heavy atom. The van der Waals surface area contributed by atoms with Crippen LogP contribution in [-0.2, 0) is 4.57 Å². The number of benzene rings is 2. The molecule has 6 nitrogen and oxygen atoms in total. The van der Waals surface area contributed by atoms with Crippen LogP contribution in [0.3, 0.4) is 0 Å². The highest BCUT2D eigenvalue weighted by molar-refractivity contribution is 7.52. The largest absolute Gasteiger partial charge is 0.586 e. The Kier molecular flexibility index (Phi) is 3.99. The van der Waals surface area contributed by atoms with Crippen LogP contribution < -0.4 is 14.8 Å². The molecule has 0 aromatic heterocycles. The second kappa shape index (κ2) is 5.73. The molecule has 1 aliphatic heterocycles. The van der Waals surface area contributed by atoms with E-state index in [0.29, 0.717) is 5.56 Å². The third-order valence-electron chi connectivity index (χ3n) is 3.40. The molecule has 2 aromatic rings. The summed E-state index contributed by atoms with van der Waals surface area (Å²) in [7, 11) is -4.56. The highest BCUT2D eigenvalue weighted by Gasteiger charge is 2.43. The molecule has 0 aliphatic carbocycles. The first-order valence-electron chi connectivity index (χ1n) is 6.92. The van der Waals surface area contributed by atoms with E-state index in [-0.39, 0.29) is 17.2 Å². The molecular weight excluding hydrogens is 343 g/mol. The molecule has 1 aliphatic rings. The molecule has 128 valence electrons. The molecule has 0 fully saturated rings. The predicted octanol–water partition coefficient (Wildman–Crippen LogP) is 3.60. The topological polar surface area (TPSA) is 88.0 Å². The van der Waals surface area contributed by atoms with Crippen molar-refractivity contribution >= 4 is 13.3 Å². The molecule has 0 spiro atoms. The number of anilines is 1. The smallest absolute Gasteiger partial charge is 0.395 e. The first kappa shape index (κ1) is 16.7. The standard InChI is InChI=1S/C15H14F2NO5P/c1-9-3-2-4-10(7-9)14(24(19,20)21)18-11-5-6-12-13(8-11)23-15(16,17)22-12/h2-8,14,18H,1H3,(H2,19,20,21). The lowest BCUT2D eigenvalue weighted by atomic mass is 10.1. The van der Waals surface area contributed by atoms with Gasteiger partial charge in [-0.1, -0.05) is 29.8 Å². The number of nitrogens with one attached hydrogen (secondary N) is 1. The lowest BCUT2D eigenvalue weighted by Gasteiger charge is -2.22. The minimum atomic E-state index is -4.56. The van der Waals surface area contributed by atoms with E-state index >= 15 is 0 Å². The van der Waals surface area contributed by atoms with E-state index in [2.05, 4.69) is 14.8 Å². The van der Waals surface area contributed by atoms with Gasteiger partial charge in [0.15, 0.2) is 17.3 Å². The van der Waals surface area contributed by atoms with Crippen molar-refractivity contribution in [3.8, 4) is 11.5 Å². The molecule has 24 heavy (non-hydrogen) atoms. The van der Waals surface area contributed by atoms with E-state index in [4.69, 9.17) is 0 Å². The zero-order valence-electron chi connectivity index (χ0n) is 12.4. The third-order valence-corrected chi connectivity index (χ3v) is 4.50. The summed E-state index contributed by atoms with van der Waals surface area (Å²) in [5.41, 5.74) is 1.43. The van der Waals surface area contributed by atoms with Crippen molar-refractivity contribution < 1.29 is 32.6 Å². The average molecular weight is 357 g/mol. The van der Waals surface area contributed by atoms with Crippen LogP contribution in [0.15, 0.2) is 42.5 Å². The van der Waals surface area contributed by atoms with Crippen LogP contribution >= 0.6 is 7.60 Å². The van der Waals surface area contributed by atoms with Gasteiger partial charge in [-0.15, -0.1) is 8.78 Å². The number of alkyl halides is 2. The molecule has 0 bridgehead atoms. The summed E-state index contributed by atoms with van der Waals surface area (Å²) in [6, 6.07) is 10.5. The maximum absolute atomic E-state index is 13.0. The number of hydrogen-bond donors (Lipinski definition) is 3. The van der Waals surface area contributed by atoms with Crippen LogP contribution in [-0.4, -0.2) is 16.1 Å². The number of fused-ring (bicyclic) bond motifs is 1. The van der Waals surface area contributed by atoms with E-state index in [9.17, 15) is 23.1 Å². The summed E-state index contributed by atoms with van der Waals surface area (Å²) in [4.78, 5) is 19.3. The van der Waals surface area contributed by atoms with Crippen LogP contribution in [0, 0.1) is 6.92 Å². The Bertz CT molecular complexity index is 823. The van der Waals surface area contributed by atoms with Gasteiger partial charge in [0.25, 0.3) is 0 Å². The maximum Gasteiger partial charge on any atom is 0.586 e. The number of hydrogen-bond acceptors (Lipinski definition) is 4. The van der Waals surface area contributed by atoms with E-state index in [1.807, 2.05) is 0 Å². The van der Waals surface area contributed by atoms with Gasteiger partial charge < -0.3 is 24.6 Å². The molecule has 3 N–H and O–H groups in total. The molecule has 1 atom stereocenters. The van der Waals surface area contributed by atoms with Crippen molar-refractivity contribution in [1.82, 2.24) is 0 Å². The van der Waals surface area contributed by atoms with Crippen molar-refractivity contribution in [1.29, 1.82) is 0 Å². The van der Waals surface area contributed by atoms with Gasteiger partial charge in [0, 0.05) is 11.8 Å². The zero-order chi connectivity index (χ0) is 17.5.